The summed E-state index contributed by atoms with van der Waals surface area (Å²) in [6.45, 7) is 1.60. The van der Waals surface area contributed by atoms with Gasteiger partial charge in [0.2, 0.25) is 5.91 Å². The zero-order chi connectivity index (χ0) is 68.9. The number of aliphatic hydroxyl groups excluding tert-OH is 11. The molecule has 3 saturated heterocycles. The summed E-state index contributed by atoms with van der Waals surface area (Å²) in [6.07, 6.45) is 48.1. The number of allylic oxidation sites excluding steroid dienone is 15. The Morgan fingerprint density at radius 2 is 0.737 bits per heavy atom. The van der Waals surface area contributed by atoms with E-state index < -0.39 is 124 Å². The summed E-state index contributed by atoms with van der Waals surface area (Å²) in [5, 5.41) is 121. The van der Waals surface area contributed by atoms with Crippen LogP contribution < -0.4 is 5.32 Å². The molecule has 95 heavy (non-hydrogen) atoms. The summed E-state index contributed by atoms with van der Waals surface area (Å²) >= 11 is 0. The van der Waals surface area contributed by atoms with Crippen LogP contribution in [0, 0.1) is 0 Å². The van der Waals surface area contributed by atoms with Gasteiger partial charge in [-0.3, -0.25) is 4.79 Å². The van der Waals surface area contributed by atoms with Gasteiger partial charge in [-0.2, -0.15) is 0 Å². The lowest BCUT2D eigenvalue weighted by atomic mass is 9.96. The van der Waals surface area contributed by atoms with Crippen molar-refractivity contribution in [1.82, 2.24) is 5.32 Å². The fraction of sp³-hybridized carbons (Fsp3) is 0.776. The molecule has 3 fully saturated rings. The van der Waals surface area contributed by atoms with E-state index >= 15 is 0 Å². The maximum Gasteiger partial charge on any atom is 0.220 e. The monoisotopic (exact) mass is 1350 g/mol. The molecule has 12 N–H and O–H groups in total. The lowest BCUT2D eigenvalue weighted by molar-refractivity contribution is -0.379. The molecule has 17 unspecified atom stereocenters. The van der Waals surface area contributed by atoms with Crippen LogP contribution in [-0.2, 0) is 33.2 Å². The minimum absolute atomic E-state index is 0.230. The molecule has 3 aliphatic rings. The van der Waals surface area contributed by atoms with E-state index in [0.717, 1.165) is 83.5 Å². The summed E-state index contributed by atoms with van der Waals surface area (Å²) in [5.74, 6) is -0.289. The fourth-order valence-corrected chi connectivity index (χ4v) is 11.9. The highest BCUT2D eigenvalue weighted by molar-refractivity contribution is 5.76. The molecular formula is C76H131NO18. The Bertz CT molecular complexity index is 2100. The first-order chi connectivity index (χ1) is 46.3. The van der Waals surface area contributed by atoms with Gasteiger partial charge in [0, 0.05) is 6.42 Å². The number of carbonyl (C=O) groups excluding carboxylic acids is 1. The Morgan fingerprint density at radius 3 is 1.18 bits per heavy atom. The average Bonchev–Trinajstić information content (AvgIpc) is 0.786. The van der Waals surface area contributed by atoms with E-state index in [4.69, 9.17) is 28.4 Å². The molecule has 19 nitrogen and oxygen atoms in total. The molecule has 0 aromatic rings. The number of unbranched alkanes of at least 4 members (excludes halogenated alkanes) is 26. The second-order valence-electron chi connectivity index (χ2n) is 26.0. The summed E-state index contributed by atoms with van der Waals surface area (Å²) in [7, 11) is 0. The van der Waals surface area contributed by atoms with Crippen molar-refractivity contribution in [2.75, 3.05) is 26.4 Å². The van der Waals surface area contributed by atoms with Gasteiger partial charge in [-0.15, -0.1) is 0 Å². The van der Waals surface area contributed by atoms with Gasteiger partial charge >= 0.3 is 0 Å². The van der Waals surface area contributed by atoms with E-state index in [1.54, 1.807) is 6.08 Å². The summed E-state index contributed by atoms with van der Waals surface area (Å²) < 4.78 is 34.4. The van der Waals surface area contributed by atoms with Crippen molar-refractivity contribution in [2.24, 2.45) is 0 Å². The third-order valence-corrected chi connectivity index (χ3v) is 17.9. The highest BCUT2D eigenvalue weighted by Crippen LogP contribution is 2.33. The van der Waals surface area contributed by atoms with Gasteiger partial charge < -0.3 is 89.9 Å². The van der Waals surface area contributed by atoms with E-state index in [-0.39, 0.29) is 18.9 Å². The van der Waals surface area contributed by atoms with Gasteiger partial charge in [-0.05, 0) is 83.5 Å². The van der Waals surface area contributed by atoms with Crippen LogP contribution in [0.3, 0.4) is 0 Å². The van der Waals surface area contributed by atoms with Gasteiger partial charge in [-0.25, -0.2) is 0 Å². The van der Waals surface area contributed by atoms with Crippen molar-refractivity contribution < 1.29 is 89.4 Å². The normalized spacial score (nSPS) is 27.8. The number of amides is 1. The van der Waals surface area contributed by atoms with Crippen LogP contribution in [0.2, 0.25) is 0 Å². The maximum atomic E-state index is 13.4. The van der Waals surface area contributed by atoms with E-state index in [2.05, 4.69) is 104 Å². The topological polar surface area (TPSA) is 307 Å². The molecule has 0 radical (unpaired) electrons. The third kappa shape index (κ3) is 37.6. The Balaban J connectivity index is 1.38. The van der Waals surface area contributed by atoms with Gasteiger partial charge in [0.15, 0.2) is 18.9 Å². The average molecular weight is 1350 g/mol. The first-order valence-corrected chi connectivity index (χ1v) is 37.0. The minimum atomic E-state index is -1.98. The summed E-state index contributed by atoms with van der Waals surface area (Å²) in [6, 6.07) is -0.996. The van der Waals surface area contributed by atoms with Crippen LogP contribution in [0.4, 0.5) is 0 Å². The minimum Gasteiger partial charge on any atom is -0.394 e. The Kier molecular flexibility index (Phi) is 51.1. The second-order valence-corrected chi connectivity index (χ2v) is 26.0. The third-order valence-electron chi connectivity index (χ3n) is 17.9. The van der Waals surface area contributed by atoms with Crippen molar-refractivity contribution in [2.45, 2.75) is 349 Å². The first kappa shape index (κ1) is 85.9. The number of nitrogens with one attached hydrogen (secondary N) is 1. The van der Waals surface area contributed by atoms with E-state index in [0.29, 0.717) is 12.8 Å². The van der Waals surface area contributed by atoms with Crippen LogP contribution in [-0.4, -0.2) is 193 Å². The van der Waals surface area contributed by atoms with E-state index in [9.17, 15) is 61.0 Å². The lowest BCUT2D eigenvalue weighted by Crippen LogP contribution is -2.66. The molecule has 3 aliphatic heterocycles. The lowest BCUT2D eigenvalue weighted by Gasteiger charge is -2.48. The van der Waals surface area contributed by atoms with Crippen molar-refractivity contribution in [3.63, 3.8) is 0 Å². The second kappa shape index (κ2) is 56.5. The van der Waals surface area contributed by atoms with E-state index in [1.807, 2.05) is 6.08 Å². The molecule has 17 atom stereocenters. The quantitative estimate of drug-likeness (QED) is 0.0199. The molecule has 0 bridgehead atoms. The van der Waals surface area contributed by atoms with Crippen molar-refractivity contribution in [3.8, 4) is 0 Å². The molecule has 0 saturated carbocycles. The standard InChI is InChI=1S/C76H131NO18/c1-3-5-7-9-11-13-15-17-19-21-22-23-24-25-26-27-28-29-30-31-32-33-34-35-36-38-40-42-44-46-48-50-52-54-64(82)77-59(60(81)53-51-49-47-45-43-41-39-37-20-18-16-14-12-10-8-6-4-2)58-90-74-70(88)67(85)72(62(56-79)92-74)95-76-71(89)68(86)73(63(57-80)93-76)94-75-69(87)66(84)65(83)61(55-78)91-75/h5,7,11,13,17,19,22-23,25-26,28-29,43,45,51,53,59-63,65-76,78-81,83-89H,3-4,6,8-10,12,14-16,18,20-21,24,27,30-42,44,46-50,52,54-58H2,1-2H3,(H,77,82)/b7-5-,13-11-,19-17-,23-22-,26-25-,29-28-,45-43+,53-51+. The van der Waals surface area contributed by atoms with Gasteiger partial charge in [0.25, 0.3) is 0 Å². The molecule has 548 valence electrons. The zero-order valence-corrected chi connectivity index (χ0v) is 58.1. The van der Waals surface area contributed by atoms with Crippen LogP contribution >= 0.6 is 0 Å². The number of hydrogen-bond acceptors (Lipinski definition) is 18. The van der Waals surface area contributed by atoms with Crippen LogP contribution in [0.25, 0.3) is 0 Å². The van der Waals surface area contributed by atoms with Gasteiger partial charge in [-0.1, -0.05) is 252 Å². The Labute approximate surface area is 571 Å². The smallest absolute Gasteiger partial charge is 0.220 e. The number of ether oxygens (including phenoxy) is 6. The van der Waals surface area contributed by atoms with E-state index in [1.165, 1.54) is 128 Å². The molecule has 0 spiro atoms. The molecule has 3 rings (SSSR count). The predicted molar refractivity (Wildman–Crippen MR) is 374 cm³/mol. The molecule has 0 aromatic heterocycles. The number of rotatable bonds is 56. The Hall–Kier alpha value is -3.29. The van der Waals surface area contributed by atoms with Gasteiger partial charge in [0.05, 0.1) is 38.6 Å². The molecule has 0 aliphatic carbocycles. The molecular weight excluding hydrogens is 1210 g/mol. The molecule has 19 heteroatoms. The first-order valence-electron chi connectivity index (χ1n) is 37.0. The van der Waals surface area contributed by atoms with Crippen LogP contribution in [0.1, 0.15) is 245 Å². The number of carbonyl (C=O) groups is 1. The Morgan fingerprint density at radius 1 is 0.389 bits per heavy atom. The van der Waals surface area contributed by atoms with Crippen molar-refractivity contribution >= 4 is 5.91 Å². The molecule has 1 amide bonds. The number of hydrogen-bond donors (Lipinski definition) is 12. The zero-order valence-electron chi connectivity index (χ0n) is 58.1. The largest absolute Gasteiger partial charge is 0.394 e. The van der Waals surface area contributed by atoms with Crippen molar-refractivity contribution in [3.05, 3.63) is 97.2 Å². The highest BCUT2D eigenvalue weighted by Gasteiger charge is 2.53. The molecule has 3 heterocycles. The highest BCUT2D eigenvalue weighted by atomic mass is 16.8. The SMILES string of the molecule is CC/C=C\C/C=C\C/C=C\C/C=C\C/C=C\C/C=C\CCCCCCCCCCCCCCCCC(=O)NC(COC1OC(CO)C(OC2OC(CO)C(OC3OC(CO)C(O)C(O)C3O)C(O)C2O)C(O)C1O)C(O)/C=C/CC/C=C/CCCCCCCCCCCCC. The summed E-state index contributed by atoms with van der Waals surface area (Å²) in [4.78, 5) is 13.4. The van der Waals surface area contributed by atoms with Gasteiger partial charge in [0.1, 0.15) is 73.2 Å². The van der Waals surface area contributed by atoms with Crippen molar-refractivity contribution in [1.29, 1.82) is 0 Å². The van der Waals surface area contributed by atoms with Crippen LogP contribution in [0.5, 0.6) is 0 Å². The maximum absolute atomic E-state index is 13.4. The number of aliphatic hydroxyl groups is 11. The van der Waals surface area contributed by atoms with Crippen LogP contribution in [0.15, 0.2) is 97.2 Å². The predicted octanol–water partition coefficient (Wildman–Crippen LogP) is 10.8. The molecule has 0 aromatic carbocycles. The summed E-state index contributed by atoms with van der Waals surface area (Å²) in [5.41, 5.74) is 0. The fourth-order valence-electron chi connectivity index (χ4n) is 11.9.